The smallest absolute Gasteiger partial charge is 0.220 e. The Kier molecular flexibility index (Phi) is 6.11. The normalized spacial score (nSPS) is 23.6. The van der Waals surface area contributed by atoms with E-state index in [1.54, 1.807) is 6.20 Å². The molecule has 4 rings (SSSR count). The number of benzene rings is 1. The average molecular weight is 395 g/mol. The number of aromatic nitrogens is 1. The highest BCUT2D eigenvalue weighted by molar-refractivity contribution is 5.76. The third kappa shape index (κ3) is 4.95. The summed E-state index contributed by atoms with van der Waals surface area (Å²) in [5.74, 6) is 1.05. The zero-order valence-electron chi connectivity index (χ0n) is 17.1. The molecule has 1 aromatic heterocycles. The number of hydrogen-bond acceptors (Lipinski definition) is 5. The maximum absolute atomic E-state index is 11.8. The van der Waals surface area contributed by atoms with Crippen molar-refractivity contribution in [2.75, 3.05) is 33.2 Å². The van der Waals surface area contributed by atoms with Crippen LogP contribution in [0.1, 0.15) is 30.5 Å². The Morgan fingerprint density at radius 3 is 2.79 bits per heavy atom. The van der Waals surface area contributed by atoms with Crippen LogP contribution in [0.25, 0.3) is 0 Å². The van der Waals surface area contributed by atoms with Gasteiger partial charge in [0.05, 0.1) is 5.69 Å². The Morgan fingerprint density at radius 1 is 1.14 bits per heavy atom. The highest BCUT2D eigenvalue weighted by Gasteiger charge is 2.40. The monoisotopic (exact) mass is 394 g/mol. The van der Waals surface area contributed by atoms with E-state index >= 15 is 0 Å². The molecule has 0 unspecified atom stereocenters. The van der Waals surface area contributed by atoms with E-state index in [4.69, 9.17) is 4.74 Å². The van der Waals surface area contributed by atoms with E-state index in [0.717, 1.165) is 57.0 Å². The van der Waals surface area contributed by atoms with Crippen molar-refractivity contribution in [2.45, 2.75) is 38.0 Å². The van der Waals surface area contributed by atoms with E-state index in [-0.39, 0.29) is 11.4 Å². The summed E-state index contributed by atoms with van der Waals surface area (Å²) < 4.78 is 5.84. The van der Waals surface area contributed by atoms with Crippen LogP contribution in [0.5, 0.6) is 5.75 Å². The number of pyridine rings is 1. The predicted molar refractivity (Wildman–Crippen MR) is 113 cm³/mol. The van der Waals surface area contributed by atoms with Gasteiger partial charge in [-0.15, -0.1) is 0 Å². The van der Waals surface area contributed by atoms with Crippen molar-refractivity contribution in [1.82, 2.24) is 20.1 Å². The molecular weight excluding hydrogens is 364 g/mol. The number of rotatable bonds is 5. The molecule has 6 nitrogen and oxygen atoms in total. The molecule has 2 fully saturated rings. The van der Waals surface area contributed by atoms with Crippen LogP contribution in [-0.2, 0) is 17.9 Å². The third-order valence-electron chi connectivity index (χ3n) is 6.25. The van der Waals surface area contributed by atoms with E-state index in [0.29, 0.717) is 13.0 Å². The first-order valence-electron chi connectivity index (χ1n) is 10.4. The van der Waals surface area contributed by atoms with Gasteiger partial charge in [-0.1, -0.05) is 18.2 Å². The van der Waals surface area contributed by atoms with Crippen molar-refractivity contribution < 1.29 is 9.53 Å². The van der Waals surface area contributed by atoms with E-state index in [1.165, 1.54) is 5.56 Å². The molecule has 0 radical (unpaired) electrons. The van der Waals surface area contributed by atoms with Gasteiger partial charge in [0.25, 0.3) is 0 Å². The summed E-state index contributed by atoms with van der Waals surface area (Å²) in [5.41, 5.74) is 2.32. The van der Waals surface area contributed by atoms with Gasteiger partial charge in [-0.2, -0.15) is 0 Å². The molecule has 2 aliphatic heterocycles. The molecular formula is C23H30N4O2. The lowest BCUT2D eigenvalue weighted by molar-refractivity contribution is -0.121. The van der Waals surface area contributed by atoms with Crippen LogP contribution in [-0.4, -0.2) is 59.5 Å². The van der Waals surface area contributed by atoms with E-state index in [1.807, 2.05) is 30.3 Å². The van der Waals surface area contributed by atoms with Crippen LogP contribution in [0.2, 0.25) is 0 Å². The number of amides is 1. The van der Waals surface area contributed by atoms with Crippen LogP contribution in [0.4, 0.5) is 0 Å². The largest absolute Gasteiger partial charge is 0.487 e. The van der Waals surface area contributed by atoms with Crippen LogP contribution >= 0.6 is 0 Å². The van der Waals surface area contributed by atoms with Crippen molar-refractivity contribution in [3.63, 3.8) is 0 Å². The molecule has 29 heavy (non-hydrogen) atoms. The maximum atomic E-state index is 11.8. The highest BCUT2D eigenvalue weighted by Crippen LogP contribution is 2.31. The molecule has 0 aliphatic carbocycles. The minimum Gasteiger partial charge on any atom is -0.487 e. The zero-order valence-corrected chi connectivity index (χ0v) is 17.1. The van der Waals surface area contributed by atoms with Crippen LogP contribution < -0.4 is 10.1 Å². The molecule has 0 saturated carbocycles. The molecule has 6 heteroatoms. The van der Waals surface area contributed by atoms with Gasteiger partial charge < -0.3 is 10.1 Å². The van der Waals surface area contributed by atoms with Crippen molar-refractivity contribution in [3.05, 3.63) is 59.9 Å². The van der Waals surface area contributed by atoms with E-state index in [2.05, 4.69) is 39.3 Å². The summed E-state index contributed by atoms with van der Waals surface area (Å²) in [5, 5.41) is 3.03. The van der Waals surface area contributed by atoms with Gasteiger partial charge in [0.1, 0.15) is 12.4 Å². The fourth-order valence-electron chi connectivity index (χ4n) is 4.40. The number of carbonyl (C=O) groups is 1. The number of likely N-dealkylation sites (N-methyl/N-ethyl adjacent to an activating group) is 1. The van der Waals surface area contributed by atoms with Gasteiger partial charge >= 0.3 is 0 Å². The van der Waals surface area contributed by atoms with Gasteiger partial charge in [-0.3, -0.25) is 19.6 Å². The summed E-state index contributed by atoms with van der Waals surface area (Å²) in [6, 6.07) is 14.2. The summed E-state index contributed by atoms with van der Waals surface area (Å²) in [6.07, 6.45) is 4.36. The first kappa shape index (κ1) is 19.9. The SMILES string of the molecule is CN1CCN(Cc2ccc(OCc3ccccn3)cc2)C[C@]12CCNC(=O)CC2. The van der Waals surface area contributed by atoms with Gasteiger partial charge in [-0.25, -0.2) is 0 Å². The number of ether oxygens (including phenoxy) is 1. The summed E-state index contributed by atoms with van der Waals surface area (Å²) in [7, 11) is 2.21. The molecule has 2 aliphatic rings. The molecule has 3 heterocycles. The molecule has 154 valence electrons. The van der Waals surface area contributed by atoms with E-state index in [9.17, 15) is 4.79 Å². The van der Waals surface area contributed by atoms with Crippen LogP contribution in [0.3, 0.4) is 0 Å². The number of carbonyl (C=O) groups excluding carboxylic acids is 1. The molecule has 1 amide bonds. The topological polar surface area (TPSA) is 57.7 Å². The Hall–Kier alpha value is -2.44. The lowest BCUT2D eigenvalue weighted by Gasteiger charge is -2.49. The summed E-state index contributed by atoms with van der Waals surface area (Å²) in [4.78, 5) is 21.1. The van der Waals surface area contributed by atoms with Crippen LogP contribution in [0.15, 0.2) is 48.7 Å². The number of hydrogen-bond donors (Lipinski definition) is 1. The van der Waals surface area contributed by atoms with Crippen molar-refractivity contribution in [1.29, 1.82) is 0 Å². The number of piperazine rings is 1. The second-order valence-corrected chi connectivity index (χ2v) is 8.21. The second-order valence-electron chi connectivity index (χ2n) is 8.21. The zero-order chi connectivity index (χ0) is 20.1. The quantitative estimate of drug-likeness (QED) is 0.844. The lowest BCUT2D eigenvalue weighted by atomic mass is 9.86. The fourth-order valence-corrected chi connectivity index (χ4v) is 4.40. The predicted octanol–water partition coefficient (Wildman–Crippen LogP) is 2.45. The Bertz CT molecular complexity index is 811. The number of nitrogens with zero attached hydrogens (tertiary/aromatic N) is 3. The first-order chi connectivity index (χ1) is 14.1. The third-order valence-corrected chi connectivity index (χ3v) is 6.25. The van der Waals surface area contributed by atoms with Gasteiger partial charge in [0.15, 0.2) is 0 Å². The molecule has 0 bridgehead atoms. The lowest BCUT2D eigenvalue weighted by Crippen LogP contribution is -2.60. The number of nitrogens with one attached hydrogen (secondary N) is 1. The van der Waals surface area contributed by atoms with Crippen molar-refractivity contribution in [2.24, 2.45) is 0 Å². The van der Waals surface area contributed by atoms with Gasteiger partial charge in [-0.05, 0) is 49.7 Å². The Balaban J connectivity index is 1.34. The Labute approximate surface area is 172 Å². The minimum absolute atomic E-state index is 0.100. The summed E-state index contributed by atoms with van der Waals surface area (Å²) >= 11 is 0. The minimum atomic E-state index is 0.100. The van der Waals surface area contributed by atoms with Crippen molar-refractivity contribution in [3.8, 4) is 5.75 Å². The molecule has 2 saturated heterocycles. The van der Waals surface area contributed by atoms with Gasteiger partial charge in [0.2, 0.25) is 5.91 Å². The van der Waals surface area contributed by atoms with E-state index < -0.39 is 0 Å². The molecule has 1 atom stereocenters. The fraction of sp³-hybridized carbons (Fsp3) is 0.478. The molecule has 1 N–H and O–H groups in total. The van der Waals surface area contributed by atoms with Gasteiger partial charge in [0, 0.05) is 50.9 Å². The van der Waals surface area contributed by atoms with Crippen LogP contribution in [0, 0.1) is 0 Å². The maximum Gasteiger partial charge on any atom is 0.220 e. The van der Waals surface area contributed by atoms with Crippen molar-refractivity contribution >= 4 is 5.91 Å². The standard InChI is InChI=1S/C23H30N4O2/c1-26-14-15-27(18-23(26)10-9-22(28)25-13-11-23)16-19-5-7-21(8-6-19)29-17-20-4-2-3-12-24-20/h2-8,12H,9-11,13-18H2,1H3,(H,25,28)/t23-/m0/s1. The first-order valence-corrected chi connectivity index (χ1v) is 10.4. The summed E-state index contributed by atoms with van der Waals surface area (Å²) in [6.45, 7) is 5.29. The molecule has 2 aromatic rings. The molecule has 1 aromatic carbocycles. The average Bonchev–Trinajstić information content (AvgIpc) is 2.93. The highest BCUT2D eigenvalue weighted by atomic mass is 16.5. The second kappa shape index (κ2) is 8.93. The molecule has 1 spiro atoms. The Morgan fingerprint density at radius 2 is 2.00 bits per heavy atom.